The van der Waals surface area contributed by atoms with E-state index in [4.69, 9.17) is 0 Å². The first-order valence-corrected chi connectivity index (χ1v) is 6.85. The Hall–Kier alpha value is -0.680. The van der Waals surface area contributed by atoms with Crippen molar-refractivity contribution in [2.24, 2.45) is 0 Å². The Balaban J connectivity index is 3.21. The standard InChI is InChI=1S/C9H9BrO3S/c1-14(12,13)8-4-2-3-7(5-8)9(11)6-10/h2-5H,6H2,1H3. The molecule has 0 fully saturated rings. The molecular formula is C9H9BrO3S. The van der Waals surface area contributed by atoms with E-state index in [9.17, 15) is 13.2 Å². The summed E-state index contributed by atoms with van der Waals surface area (Å²) in [5, 5.41) is 0.195. The minimum Gasteiger partial charge on any atom is -0.293 e. The molecule has 0 bridgehead atoms. The highest BCUT2D eigenvalue weighted by atomic mass is 79.9. The molecule has 1 rings (SSSR count). The average Bonchev–Trinajstić information content (AvgIpc) is 2.15. The second-order valence-corrected chi connectivity index (χ2v) is 5.43. The molecule has 3 nitrogen and oxygen atoms in total. The highest BCUT2D eigenvalue weighted by Gasteiger charge is 2.10. The number of alkyl halides is 1. The molecular weight excluding hydrogens is 268 g/mol. The lowest BCUT2D eigenvalue weighted by molar-refractivity contribution is 0.102. The Bertz CT molecular complexity index is 451. The maximum atomic E-state index is 11.3. The Morgan fingerprint density at radius 1 is 1.43 bits per heavy atom. The first kappa shape index (κ1) is 11.4. The van der Waals surface area contributed by atoms with E-state index in [-0.39, 0.29) is 16.0 Å². The zero-order chi connectivity index (χ0) is 10.8. The average molecular weight is 277 g/mol. The zero-order valence-corrected chi connectivity index (χ0v) is 9.93. The van der Waals surface area contributed by atoms with Crippen molar-refractivity contribution in [1.82, 2.24) is 0 Å². The van der Waals surface area contributed by atoms with Crippen LogP contribution in [0.5, 0.6) is 0 Å². The minimum absolute atomic E-state index is 0.129. The summed E-state index contributed by atoms with van der Waals surface area (Å²) in [6.45, 7) is 0. The van der Waals surface area contributed by atoms with Gasteiger partial charge < -0.3 is 0 Å². The van der Waals surface area contributed by atoms with Crippen LogP contribution in [0.4, 0.5) is 0 Å². The fraction of sp³-hybridized carbons (Fsp3) is 0.222. The molecule has 0 atom stereocenters. The molecule has 14 heavy (non-hydrogen) atoms. The van der Waals surface area contributed by atoms with Crippen molar-refractivity contribution in [2.75, 3.05) is 11.6 Å². The maximum Gasteiger partial charge on any atom is 0.175 e. The van der Waals surface area contributed by atoms with Crippen LogP contribution < -0.4 is 0 Å². The summed E-state index contributed by atoms with van der Waals surface area (Å²) < 4.78 is 22.3. The number of carbonyl (C=O) groups excluding carboxylic acids is 1. The molecule has 0 aliphatic heterocycles. The third kappa shape index (κ3) is 2.65. The van der Waals surface area contributed by atoms with Gasteiger partial charge in [-0.05, 0) is 12.1 Å². The monoisotopic (exact) mass is 276 g/mol. The van der Waals surface area contributed by atoms with Crippen LogP contribution in [0.2, 0.25) is 0 Å². The molecule has 0 heterocycles. The molecule has 0 aromatic heterocycles. The van der Waals surface area contributed by atoms with Gasteiger partial charge in [0.2, 0.25) is 0 Å². The topological polar surface area (TPSA) is 51.2 Å². The number of Topliss-reactive ketones (excluding diaryl/α,β-unsaturated/α-hetero) is 1. The van der Waals surface area contributed by atoms with Crippen LogP contribution in [0.15, 0.2) is 29.2 Å². The van der Waals surface area contributed by atoms with Crippen LogP contribution in [-0.2, 0) is 9.84 Å². The van der Waals surface area contributed by atoms with Crippen molar-refractivity contribution in [3.05, 3.63) is 29.8 Å². The van der Waals surface area contributed by atoms with E-state index in [0.29, 0.717) is 5.56 Å². The molecule has 1 aromatic carbocycles. The van der Waals surface area contributed by atoms with Gasteiger partial charge in [-0.2, -0.15) is 0 Å². The molecule has 1 aromatic rings. The molecule has 0 spiro atoms. The molecule has 0 aliphatic carbocycles. The highest BCUT2D eigenvalue weighted by Crippen LogP contribution is 2.12. The molecule has 0 saturated carbocycles. The Morgan fingerprint density at radius 3 is 2.57 bits per heavy atom. The molecule has 0 unspecified atom stereocenters. The Labute approximate surface area is 91.2 Å². The van der Waals surface area contributed by atoms with E-state index in [0.717, 1.165) is 6.26 Å². The first-order chi connectivity index (χ1) is 6.45. The predicted molar refractivity (Wildman–Crippen MR) is 57.7 cm³/mol. The van der Waals surface area contributed by atoms with Crippen molar-refractivity contribution in [3.8, 4) is 0 Å². The maximum absolute atomic E-state index is 11.3. The number of hydrogen-bond acceptors (Lipinski definition) is 3. The second kappa shape index (κ2) is 4.23. The van der Waals surface area contributed by atoms with E-state index in [1.807, 2.05) is 0 Å². The Kier molecular flexibility index (Phi) is 3.44. The fourth-order valence-electron chi connectivity index (χ4n) is 0.977. The largest absolute Gasteiger partial charge is 0.293 e. The van der Waals surface area contributed by atoms with Gasteiger partial charge in [0, 0.05) is 11.8 Å². The predicted octanol–water partition coefficient (Wildman–Crippen LogP) is 1.67. The normalized spacial score (nSPS) is 11.3. The van der Waals surface area contributed by atoms with Crippen molar-refractivity contribution >= 4 is 31.6 Å². The van der Waals surface area contributed by atoms with E-state index in [1.165, 1.54) is 12.1 Å². The summed E-state index contributed by atoms with van der Waals surface area (Å²) >= 11 is 3.03. The third-order valence-electron chi connectivity index (χ3n) is 1.71. The molecule has 0 amide bonds. The number of hydrogen-bond donors (Lipinski definition) is 0. The lowest BCUT2D eigenvalue weighted by Crippen LogP contribution is -2.03. The van der Waals surface area contributed by atoms with Crippen molar-refractivity contribution < 1.29 is 13.2 Å². The second-order valence-electron chi connectivity index (χ2n) is 2.86. The van der Waals surface area contributed by atoms with Gasteiger partial charge in [0.25, 0.3) is 0 Å². The molecule has 5 heteroatoms. The van der Waals surface area contributed by atoms with Crippen LogP contribution in [0, 0.1) is 0 Å². The lowest BCUT2D eigenvalue weighted by atomic mass is 10.2. The number of sulfone groups is 1. The van der Waals surface area contributed by atoms with E-state index >= 15 is 0 Å². The molecule has 0 radical (unpaired) electrons. The van der Waals surface area contributed by atoms with E-state index < -0.39 is 9.84 Å². The fourth-order valence-corrected chi connectivity index (χ4v) is 1.97. The SMILES string of the molecule is CS(=O)(=O)c1cccc(C(=O)CBr)c1. The van der Waals surface area contributed by atoms with Gasteiger partial charge in [0.15, 0.2) is 15.6 Å². The van der Waals surface area contributed by atoms with Gasteiger partial charge in [-0.3, -0.25) is 4.79 Å². The van der Waals surface area contributed by atoms with Gasteiger partial charge >= 0.3 is 0 Å². The van der Waals surface area contributed by atoms with Crippen LogP contribution in [-0.4, -0.2) is 25.8 Å². The van der Waals surface area contributed by atoms with Gasteiger partial charge in [-0.1, -0.05) is 28.1 Å². The summed E-state index contributed by atoms with van der Waals surface area (Å²) in [6, 6.07) is 6.02. The highest BCUT2D eigenvalue weighted by molar-refractivity contribution is 9.09. The van der Waals surface area contributed by atoms with Crippen LogP contribution in [0.25, 0.3) is 0 Å². The number of rotatable bonds is 3. The summed E-state index contributed by atoms with van der Waals surface area (Å²) in [6.07, 6.45) is 1.12. The summed E-state index contributed by atoms with van der Waals surface area (Å²) in [5.41, 5.74) is 0.407. The number of halogens is 1. The van der Waals surface area contributed by atoms with Gasteiger partial charge in [-0.15, -0.1) is 0 Å². The summed E-state index contributed by atoms with van der Waals surface area (Å²) in [7, 11) is -3.23. The van der Waals surface area contributed by atoms with Gasteiger partial charge in [0.1, 0.15) is 0 Å². The molecule has 0 N–H and O–H groups in total. The number of benzene rings is 1. The van der Waals surface area contributed by atoms with Crippen molar-refractivity contribution in [2.45, 2.75) is 4.90 Å². The summed E-state index contributed by atoms with van der Waals surface area (Å²) in [4.78, 5) is 11.4. The lowest BCUT2D eigenvalue weighted by Gasteiger charge is -2.00. The first-order valence-electron chi connectivity index (χ1n) is 3.84. The molecule has 76 valence electrons. The van der Waals surface area contributed by atoms with Crippen LogP contribution in [0.3, 0.4) is 0 Å². The van der Waals surface area contributed by atoms with Crippen LogP contribution in [0.1, 0.15) is 10.4 Å². The van der Waals surface area contributed by atoms with Crippen LogP contribution >= 0.6 is 15.9 Å². The zero-order valence-electron chi connectivity index (χ0n) is 7.53. The van der Waals surface area contributed by atoms with Crippen molar-refractivity contribution in [3.63, 3.8) is 0 Å². The number of carbonyl (C=O) groups is 1. The van der Waals surface area contributed by atoms with E-state index in [2.05, 4.69) is 15.9 Å². The smallest absolute Gasteiger partial charge is 0.175 e. The number of ketones is 1. The Morgan fingerprint density at radius 2 is 2.07 bits per heavy atom. The van der Waals surface area contributed by atoms with Gasteiger partial charge in [0.05, 0.1) is 10.2 Å². The summed E-state index contributed by atoms with van der Waals surface area (Å²) in [5.74, 6) is -0.129. The molecule has 0 aliphatic rings. The minimum atomic E-state index is -3.23. The molecule has 0 saturated heterocycles. The van der Waals surface area contributed by atoms with Crippen molar-refractivity contribution in [1.29, 1.82) is 0 Å². The van der Waals surface area contributed by atoms with Gasteiger partial charge in [-0.25, -0.2) is 8.42 Å². The quantitative estimate of drug-likeness (QED) is 0.623. The third-order valence-corrected chi connectivity index (χ3v) is 3.33. The van der Waals surface area contributed by atoms with E-state index in [1.54, 1.807) is 12.1 Å².